The summed E-state index contributed by atoms with van der Waals surface area (Å²) in [5, 5.41) is 3.25. The van der Waals surface area contributed by atoms with E-state index in [-0.39, 0.29) is 20.4 Å². The van der Waals surface area contributed by atoms with Gasteiger partial charge in [-0.05, 0) is 139 Å². The first-order valence-electron chi connectivity index (χ1n) is 23.0. The predicted molar refractivity (Wildman–Crippen MR) is 253 cm³/mol. The van der Waals surface area contributed by atoms with Crippen LogP contribution >= 0.6 is 15.8 Å². The monoisotopic (exact) mass is 928 g/mol. The molecule has 0 aromatic heterocycles. The molecule has 0 atom stereocenters. The third-order valence-electron chi connectivity index (χ3n) is 14.1. The quantitative estimate of drug-likeness (QED) is 0.105. The fourth-order valence-electron chi connectivity index (χ4n) is 11.3. The molecule has 0 heterocycles. The third-order valence-corrected chi connectivity index (χ3v) is 22.0. The van der Waals surface area contributed by atoms with E-state index in [1.807, 2.05) is 12.1 Å². The second-order valence-corrected chi connectivity index (χ2v) is 23.6. The van der Waals surface area contributed by atoms with Crippen molar-refractivity contribution < 1.29 is 39.4 Å². The Balaban J connectivity index is 0.000000195. The normalized spacial score (nSPS) is 18.4. The summed E-state index contributed by atoms with van der Waals surface area (Å²) in [4.78, 5) is 0. The Kier molecular flexibility index (Phi) is 18.5. The van der Waals surface area contributed by atoms with E-state index < -0.39 is 15.8 Å². The molecule has 0 unspecified atom stereocenters. The molecule has 4 aromatic carbocycles. The maximum Gasteiger partial charge on any atom is 0.130 e. The molecule has 4 aromatic rings. The van der Waals surface area contributed by atoms with Gasteiger partial charge in [-0.15, -0.1) is 0 Å². The molecule has 59 heavy (non-hydrogen) atoms. The van der Waals surface area contributed by atoms with Crippen molar-refractivity contribution in [2.24, 2.45) is 0 Å². The molecule has 4 fully saturated rings. The number of hydrogen-bond donors (Lipinski definition) is 0. The van der Waals surface area contributed by atoms with Crippen LogP contribution in [0.3, 0.4) is 0 Å². The van der Waals surface area contributed by atoms with E-state index in [0.29, 0.717) is 0 Å². The topological polar surface area (TPSA) is 36.9 Å². The maximum atomic E-state index is 5.80. The van der Waals surface area contributed by atoms with Gasteiger partial charge in [-0.3, -0.25) is 0 Å². The number of hydrogen-bond acceptors (Lipinski definition) is 4. The number of benzene rings is 4. The van der Waals surface area contributed by atoms with E-state index in [2.05, 4.69) is 72.8 Å². The molecule has 4 nitrogen and oxygen atoms in total. The molecular weight excluding hydrogens is 857 g/mol. The molecule has 0 saturated heterocycles. The number of rotatable bonds is 12. The van der Waals surface area contributed by atoms with Gasteiger partial charge in [-0.25, -0.2) is 0 Å². The smallest absolute Gasteiger partial charge is 0.130 e. The Bertz CT molecular complexity index is 1640. The van der Waals surface area contributed by atoms with Gasteiger partial charge in [0, 0.05) is 47.4 Å². The van der Waals surface area contributed by atoms with E-state index in [0.717, 1.165) is 56.8 Å². The molecule has 4 saturated carbocycles. The van der Waals surface area contributed by atoms with Gasteiger partial charge in [0.25, 0.3) is 0 Å². The van der Waals surface area contributed by atoms with Gasteiger partial charge in [0.1, 0.15) is 33.6 Å². The van der Waals surface area contributed by atoms with E-state index in [9.17, 15) is 0 Å². The van der Waals surface area contributed by atoms with Crippen molar-refractivity contribution in [1.29, 1.82) is 0 Å². The van der Waals surface area contributed by atoms with E-state index >= 15 is 0 Å². The Morgan fingerprint density at radius 3 is 0.847 bits per heavy atom. The van der Waals surface area contributed by atoms with Crippen molar-refractivity contribution in [3.63, 3.8) is 0 Å². The molecule has 8 rings (SSSR count). The second kappa shape index (κ2) is 23.7. The summed E-state index contributed by atoms with van der Waals surface area (Å²) in [6.07, 6.45) is 28.6. The van der Waals surface area contributed by atoms with Crippen LogP contribution in [0.5, 0.6) is 23.0 Å². The van der Waals surface area contributed by atoms with Crippen LogP contribution in [0.2, 0.25) is 0 Å². The number of methoxy groups -OCH3 is 4. The Morgan fingerprint density at radius 1 is 0.339 bits per heavy atom. The van der Waals surface area contributed by atoms with Gasteiger partial charge in [-0.1, -0.05) is 74.2 Å². The van der Waals surface area contributed by atoms with Gasteiger partial charge in [0.05, 0.1) is 62.2 Å². The minimum absolute atomic E-state index is 0. The van der Waals surface area contributed by atoms with Crippen LogP contribution in [0.15, 0.2) is 84.9 Å². The molecule has 0 bridgehead atoms. The van der Waals surface area contributed by atoms with Gasteiger partial charge in [-0.2, -0.15) is 0 Å². The van der Waals surface area contributed by atoms with Crippen LogP contribution in [0.4, 0.5) is 0 Å². The SMILES string of the molecule is COc1cccc(OC)c1-c1ccccc1[PH+](C1CCCCC1)C1CCCCC1.COc1cccc(OC)c1-c1ccccc1[PH+](C1CCCCC1)C1CCCCC1.[Pd]. The summed E-state index contributed by atoms with van der Waals surface area (Å²) in [5.74, 6) is 3.69. The summed E-state index contributed by atoms with van der Waals surface area (Å²) in [6.45, 7) is 0. The van der Waals surface area contributed by atoms with Crippen LogP contribution in [0, 0.1) is 0 Å². The summed E-state index contributed by atoms with van der Waals surface area (Å²) >= 11 is 0. The van der Waals surface area contributed by atoms with Crippen LogP contribution in [0.1, 0.15) is 128 Å². The third kappa shape index (κ3) is 11.2. The van der Waals surface area contributed by atoms with Crippen LogP contribution < -0.4 is 29.6 Å². The van der Waals surface area contributed by atoms with E-state index in [4.69, 9.17) is 18.9 Å². The summed E-state index contributed by atoms with van der Waals surface area (Å²) in [6, 6.07) is 30.7. The summed E-state index contributed by atoms with van der Waals surface area (Å²) < 4.78 is 23.2. The van der Waals surface area contributed by atoms with Crippen molar-refractivity contribution in [3.8, 4) is 45.3 Å². The molecule has 0 spiro atoms. The van der Waals surface area contributed by atoms with Crippen LogP contribution in [-0.4, -0.2) is 51.1 Å². The van der Waals surface area contributed by atoms with E-state index in [1.165, 1.54) is 140 Å². The Labute approximate surface area is 373 Å². The van der Waals surface area contributed by atoms with Crippen molar-refractivity contribution in [1.82, 2.24) is 0 Å². The molecule has 0 radical (unpaired) electrons. The first-order valence-corrected chi connectivity index (χ1v) is 26.3. The molecular formula is C52H72O4P2Pd+2. The van der Waals surface area contributed by atoms with Gasteiger partial charge in [0.2, 0.25) is 0 Å². The largest absolute Gasteiger partial charge is 0.496 e. The van der Waals surface area contributed by atoms with Crippen molar-refractivity contribution in [2.45, 2.75) is 151 Å². The molecule has 322 valence electrons. The minimum Gasteiger partial charge on any atom is -0.496 e. The van der Waals surface area contributed by atoms with Crippen LogP contribution in [0.25, 0.3) is 22.3 Å². The molecule has 4 aliphatic carbocycles. The average molecular weight is 930 g/mol. The Hall–Kier alpha value is -2.40. The average Bonchev–Trinajstić information content (AvgIpc) is 3.30. The van der Waals surface area contributed by atoms with Gasteiger partial charge < -0.3 is 18.9 Å². The first-order chi connectivity index (χ1) is 28.7. The molecule has 0 N–H and O–H groups in total. The Morgan fingerprint density at radius 2 is 0.593 bits per heavy atom. The fourth-order valence-corrected chi connectivity index (χ4v) is 20.2. The summed E-state index contributed by atoms with van der Waals surface area (Å²) in [5.41, 5.74) is 8.65. The summed E-state index contributed by atoms with van der Waals surface area (Å²) in [7, 11) is 5.77. The van der Waals surface area contributed by atoms with E-state index in [1.54, 1.807) is 39.0 Å². The molecule has 0 amide bonds. The first kappa shape index (κ1) is 46.1. The zero-order valence-corrected chi connectivity index (χ0v) is 40.0. The van der Waals surface area contributed by atoms with Crippen molar-refractivity contribution >= 4 is 26.5 Å². The van der Waals surface area contributed by atoms with Gasteiger partial charge in [0.15, 0.2) is 0 Å². The number of ether oxygens (including phenoxy) is 4. The second-order valence-electron chi connectivity index (χ2n) is 17.4. The predicted octanol–water partition coefficient (Wildman–Crippen LogP) is 13.7. The van der Waals surface area contributed by atoms with Crippen LogP contribution in [-0.2, 0) is 20.4 Å². The standard InChI is InChI=1S/2C26H35O2P.Pd/c2*1-27-23-17-11-18-24(28-2)26(23)22-16-9-10-19-25(22)29(20-12-5-3-6-13-20)21-14-7-4-8-15-21;/h2*9-11,16-21H,3-8,12-15H2,1-2H3;/p+2. The van der Waals surface area contributed by atoms with Crippen molar-refractivity contribution in [3.05, 3.63) is 84.9 Å². The molecule has 4 aliphatic rings. The maximum absolute atomic E-state index is 5.80. The van der Waals surface area contributed by atoms with Gasteiger partial charge >= 0.3 is 0 Å². The minimum atomic E-state index is -0.660. The van der Waals surface area contributed by atoms with Crippen molar-refractivity contribution in [2.75, 3.05) is 28.4 Å². The molecule has 7 heteroatoms. The molecule has 0 aliphatic heterocycles. The zero-order chi connectivity index (χ0) is 40.1. The fraction of sp³-hybridized carbons (Fsp3) is 0.538. The zero-order valence-electron chi connectivity index (χ0n) is 36.5.